The minimum absolute atomic E-state index is 0.335. The minimum atomic E-state index is 0.335. The molecule has 1 heteroatoms. The van der Waals surface area contributed by atoms with Gasteiger partial charge in [-0.25, -0.2) is 0 Å². The summed E-state index contributed by atoms with van der Waals surface area (Å²) in [7, 11) is 0. The van der Waals surface area contributed by atoms with Gasteiger partial charge < -0.3 is 5.11 Å². The van der Waals surface area contributed by atoms with Gasteiger partial charge in [0.15, 0.2) is 0 Å². The van der Waals surface area contributed by atoms with E-state index in [4.69, 9.17) is 5.11 Å². The Kier molecular flexibility index (Phi) is 19.4. The standard InChI is InChI=1S/C20H39O/c1-2-3-4-5-6-7-8-9-10-11-12-13-14-15-16-17-18-19-20-21/h9-10,17,21H,2-8,11-16,18-20H2,1H3/b10-9-. The zero-order chi connectivity index (χ0) is 15.4. The van der Waals surface area contributed by atoms with E-state index in [1.807, 2.05) is 0 Å². The van der Waals surface area contributed by atoms with Gasteiger partial charge in [-0.2, -0.15) is 0 Å². The second kappa shape index (κ2) is 19.7. The van der Waals surface area contributed by atoms with Crippen LogP contribution >= 0.6 is 0 Å². The van der Waals surface area contributed by atoms with Crippen LogP contribution in [0.15, 0.2) is 12.2 Å². The van der Waals surface area contributed by atoms with Gasteiger partial charge in [-0.1, -0.05) is 76.9 Å². The molecule has 0 saturated heterocycles. The summed E-state index contributed by atoms with van der Waals surface area (Å²) in [6.07, 6.45) is 26.7. The predicted octanol–water partition coefficient (Wildman–Crippen LogP) is 6.61. The number of rotatable bonds is 17. The van der Waals surface area contributed by atoms with Crippen molar-refractivity contribution in [2.45, 2.75) is 103 Å². The number of hydrogen-bond acceptors (Lipinski definition) is 1. The minimum Gasteiger partial charge on any atom is -0.396 e. The fourth-order valence-corrected chi connectivity index (χ4v) is 2.56. The van der Waals surface area contributed by atoms with Crippen molar-refractivity contribution in [1.82, 2.24) is 0 Å². The molecule has 0 aliphatic rings. The van der Waals surface area contributed by atoms with Crippen molar-refractivity contribution < 1.29 is 5.11 Å². The van der Waals surface area contributed by atoms with Gasteiger partial charge in [0.2, 0.25) is 0 Å². The number of aliphatic hydroxyl groups is 1. The van der Waals surface area contributed by atoms with Gasteiger partial charge in [-0.05, 0) is 44.9 Å². The summed E-state index contributed by atoms with van der Waals surface area (Å²) in [4.78, 5) is 0. The van der Waals surface area contributed by atoms with Crippen molar-refractivity contribution in [1.29, 1.82) is 0 Å². The van der Waals surface area contributed by atoms with Crippen LogP contribution < -0.4 is 0 Å². The highest BCUT2D eigenvalue weighted by Gasteiger charge is 1.92. The van der Waals surface area contributed by atoms with Crippen molar-refractivity contribution in [2.24, 2.45) is 0 Å². The number of aliphatic hydroxyl groups excluding tert-OH is 1. The highest BCUT2D eigenvalue weighted by atomic mass is 16.2. The zero-order valence-electron chi connectivity index (χ0n) is 14.5. The maximum absolute atomic E-state index is 8.67. The maximum atomic E-state index is 8.67. The van der Waals surface area contributed by atoms with E-state index in [-0.39, 0.29) is 0 Å². The van der Waals surface area contributed by atoms with Gasteiger partial charge in [0.25, 0.3) is 0 Å². The lowest BCUT2D eigenvalue weighted by Crippen LogP contribution is -1.85. The Morgan fingerprint density at radius 1 is 0.571 bits per heavy atom. The van der Waals surface area contributed by atoms with Gasteiger partial charge in [-0.3, -0.25) is 0 Å². The highest BCUT2D eigenvalue weighted by molar-refractivity contribution is 4.81. The van der Waals surface area contributed by atoms with Crippen molar-refractivity contribution in [2.75, 3.05) is 6.61 Å². The van der Waals surface area contributed by atoms with Crippen LogP contribution in [0.5, 0.6) is 0 Å². The lowest BCUT2D eigenvalue weighted by atomic mass is 10.1. The van der Waals surface area contributed by atoms with Crippen LogP contribution in [0, 0.1) is 6.42 Å². The van der Waals surface area contributed by atoms with Crippen LogP contribution in [0.25, 0.3) is 0 Å². The molecule has 0 aliphatic carbocycles. The molecule has 0 aliphatic heterocycles. The first-order valence-electron chi connectivity index (χ1n) is 9.49. The Labute approximate surface area is 134 Å². The molecular weight excluding hydrogens is 256 g/mol. The third-order valence-electron chi connectivity index (χ3n) is 3.99. The summed E-state index contributed by atoms with van der Waals surface area (Å²) in [5.41, 5.74) is 0. The van der Waals surface area contributed by atoms with Gasteiger partial charge >= 0.3 is 0 Å². The maximum Gasteiger partial charge on any atom is 0.0431 e. The van der Waals surface area contributed by atoms with Gasteiger partial charge in [0.1, 0.15) is 0 Å². The molecule has 1 radical (unpaired) electrons. The van der Waals surface area contributed by atoms with Crippen molar-refractivity contribution in [3.05, 3.63) is 18.6 Å². The van der Waals surface area contributed by atoms with E-state index in [0.29, 0.717) is 6.61 Å². The molecule has 125 valence electrons. The van der Waals surface area contributed by atoms with Gasteiger partial charge in [0.05, 0.1) is 0 Å². The SMILES string of the molecule is CCCCCCCC/C=C\CCCCCC[CH]CCCO. The third kappa shape index (κ3) is 19.7. The third-order valence-corrected chi connectivity index (χ3v) is 3.99. The lowest BCUT2D eigenvalue weighted by molar-refractivity contribution is 0.287. The summed E-state index contributed by atoms with van der Waals surface area (Å²) in [5.74, 6) is 0. The average Bonchev–Trinajstić information content (AvgIpc) is 2.50. The number of unbranched alkanes of at least 4 members (excludes halogenated alkanes) is 14. The smallest absolute Gasteiger partial charge is 0.0431 e. The molecule has 0 atom stereocenters. The van der Waals surface area contributed by atoms with E-state index >= 15 is 0 Å². The largest absolute Gasteiger partial charge is 0.396 e. The predicted molar refractivity (Wildman–Crippen MR) is 95.5 cm³/mol. The molecule has 0 fully saturated rings. The van der Waals surface area contributed by atoms with Gasteiger partial charge in [-0.15, -0.1) is 0 Å². The molecule has 1 nitrogen and oxygen atoms in total. The van der Waals surface area contributed by atoms with Crippen LogP contribution in [0.2, 0.25) is 0 Å². The molecule has 0 rings (SSSR count). The van der Waals surface area contributed by atoms with Crippen LogP contribution in [0.1, 0.15) is 103 Å². The fraction of sp³-hybridized carbons (Fsp3) is 0.850. The summed E-state index contributed by atoms with van der Waals surface area (Å²) >= 11 is 0. The molecule has 1 N–H and O–H groups in total. The molecule has 0 aromatic heterocycles. The normalized spacial score (nSPS) is 11.5. The summed E-state index contributed by atoms with van der Waals surface area (Å²) < 4.78 is 0. The van der Waals surface area contributed by atoms with Crippen LogP contribution in [0.4, 0.5) is 0 Å². The fourth-order valence-electron chi connectivity index (χ4n) is 2.56. The van der Waals surface area contributed by atoms with E-state index in [2.05, 4.69) is 25.5 Å². The Morgan fingerprint density at radius 2 is 1.05 bits per heavy atom. The van der Waals surface area contributed by atoms with E-state index in [1.165, 1.54) is 83.5 Å². The zero-order valence-corrected chi connectivity index (χ0v) is 14.5. The number of hydrogen-bond donors (Lipinski definition) is 1. The van der Waals surface area contributed by atoms with Crippen LogP contribution in [-0.4, -0.2) is 11.7 Å². The summed E-state index contributed by atoms with van der Waals surface area (Å²) in [6, 6.07) is 0. The Morgan fingerprint density at radius 3 is 1.62 bits per heavy atom. The topological polar surface area (TPSA) is 20.2 Å². The number of allylic oxidation sites excluding steroid dienone is 2. The van der Waals surface area contributed by atoms with Crippen molar-refractivity contribution in [3.63, 3.8) is 0 Å². The second-order valence-corrected chi connectivity index (χ2v) is 6.17. The molecule has 0 aromatic carbocycles. The Hall–Kier alpha value is -0.300. The first kappa shape index (κ1) is 20.7. The lowest BCUT2D eigenvalue weighted by Gasteiger charge is -2.00. The second-order valence-electron chi connectivity index (χ2n) is 6.17. The van der Waals surface area contributed by atoms with E-state index in [9.17, 15) is 0 Å². The monoisotopic (exact) mass is 295 g/mol. The van der Waals surface area contributed by atoms with E-state index in [1.54, 1.807) is 0 Å². The molecule has 0 saturated carbocycles. The molecule has 0 amide bonds. The molecule has 0 heterocycles. The first-order valence-corrected chi connectivity index (χ1v) is 9.49. The Balaban J connectivity index is 3.02. The van der Waals surface area contributed by atoms with E-state index in [0.717, 1.165) is 12.8 Å². The summed E-state index contributed by atoms with van der Waals surface area (Å²) in [6.45, 7) is 2.61. The quantitative estimate of drug-likeness (QED) is 0.236. The molecule has 21 heavy (non-hydrogen) atoms. The molecule has 0 aromatic rings. The molecular formula is C20H39O. The van der Waals surface area contributed by atoms with E-state index < -0.39 is 0 Å². The molecule has 0 spiro atoms. The van der Waals surface area contributed by atoms with Crippen LogP contribution in [0.3, 0.4) is 0 Å². The van der Waals surface area contributed by atoms with Crippen LogP contribution in [-0.2, 0) is 0 Å². The van der Waals surface area contributed by atoms with Gasteiger partial charge in [0, 0.05) is 6.61 Å². The van der Waals surface area contributed by atoms with Crippen molar-refractivity contribution >= 4 is 0 Å². The van der Waals surface area contributed by atoms with Crippen molar-refractivity contribution in [3.8, 4) is 0 Å². The first-order chi connectivity index (χ1) is 10.4. The highest BCUT2D eigenvalue weighted by Crippen LogP contribution is 2.10. The molecule has 0 unspecified atom stereocenters. The summed E-state index contributed by atoms with van der Waals surface area (Å²) in [5, 5.41) is 8.67. The average molecular weight is 296 g/mol. The molecule has 0 bridgehead atoms. The Bertz CT molecular complexity index is 198.